The molecule has 1 aromatic rings. The van der Waals surface area contributed by atoms with Gasteiger partial charge >= 0.3 is 0 Å². The Morgan fingerprint density at radius 1 is 1.24 bits per heavy atom. The molecule has 0 spiro atoms. The predicted octanol–water partition coefficient (Wildman–Crippen LogP) is 3.59. The quantitative estimate of drug-likeness (QED) is 0.750. The standard InChI is InChI=1S/C15H24N2/c1-12-6-4-3-5-9-17(11-12)14-7-8-15(16)13(2)10-14/h7-8,10,12H,3-6,9,11,16H2,1-2H3. The normalized spacial score (nSPS) is 22.0. The first-order chi connectivity index (χ1) is 8.16. The molecule has 1 aliphatic rings. The van der Waals surface area contributed by atoms with Gasteiger partial charge in [0.2, 0.25) is 0 Å². The molecule has 1 saturated heterocycles. The first kappa shape index (κ1) is 12.3. The van der Waals surface area contributed by atoms with Gasteiger partial charge < -0.3 is 10.6 Å². The topological polar surface area (TPSA) is 29.3 Å². The van der Waals surface area contributed by atoms with Crippen LogP contribution in [-0.4, -0.2) is 13.1 Å². The molecule has 1 atom stereocenters. The SMILES string of the molecule is Cc1cc(N2CCCCCC(C)C2)ccc1N. The Hall–Kier alpha value is -1.18. The van der Waals surface area contributed by atoms with Crippen molar-refractivity contribution >= 4 is 11.4 Å². The zero-order valence-corrected chi connectivity index (χ0v) is 11.1. The van der Waals surface area contributed by atoms with E-state index in [2.05, 4.69) is 30.9 Å². The van der Waals surface area contributed by atoms with Gasteiger partial charge in [0.05, 0.1) is 0 Å². The fraction of sp³-hybridized carbons (Fsp3) is 0.600. The van der Waals surface area contributed by atoms with E-state index in [9.17, 15) is 0 Å². The summed E-state index contributed by atoms with van der Waals surface area (Å²) >= 11 is 0. The van der Waals surface area contributed by atoms with E-state index in [1.165, 1.54) is 50.0 Å². The first-order valence-electron chi connectivity index (χ1n) is 6.78. The van der Waals surface area contributed by atoms with E-state index >= 15 is 0 Å². The van der Waals surface area contributed by atoms with Crippen molar-refractivity contribution in [2.75, 3.05) is 23.7 Å². The molecule has 0 radical (unpaired) electrons. The molecule has 0 saturated carbocycles. The van der Waals surface area contributed by atoms with Crippen LogP contribution in [0.5, 0.6) is 0 Å². The number of nitrogens with zero attached hydrogens (tertiary/aromatic N) is 1. The molecule has 0 amide bonds. The molecule has 1 aliphatic heterocycles. The van der Waals surface area contributed by atoms with Gasteiger partial charge in [0, 0.05) is 24.5 Å². The van der Waals surface area contributed by atoms with Gasteiger partial charge in [-0.05, 0) is 49.4 Å². The minimum atomic E-state index is 0.799. The Labute approximate surface area is 105 Å². The summed E-state index contributed by atoms with van der Waals surface area (Å²) in [4.78, 5) is 2.52. The second kappa shape index (κ2) is 5.44. The van der Waals surface area contributed by atoms with Crippen LogP contribution in [0.4, 0.5) is 11.4 Å². The molecule has 2 rings (SSSR count). The van der Waals surface area contributed by atoms with Crippen molar-refractivity contribution in [1.82, 2.24) is 0 Å². The first-order valence-corrected chi connectivity index (χ1v) is 6.78. The predicted molar refractivity (Wildman–Crippen MR) is 75.4 cm³/mol. The highest BCUT2D eigenvalue weighted by Gasteiger charge is 2.14. The highest BCUT2D eigenvalue weighted by atomic mass is 15.1. The maximum absolute atomic E-state index is 5.88. The molecule has 2 N–H and O–H groups in total. The average molecular weight is 232 g/mol. The van der Waals surface area contributed by atoms with Crippen molar-refractivity contribution in [3.05, 3.63) is 23.8 Å². The third-order valence-electron chi connectivity index (χ3n) is 3.78. The number of anilines is 2. The molecular formula is C15H24N2. The third-order valence-corrected chi connectivity index (χ3v) is 3.78. The molecule has 2 nitrogen and oxygen atoms in total. The number of hydrogen-bond acceptors (Lipinski definition) is 2. The molecule has 1 unspecified atom stereocenters. The average Bonchev–Trinajstić information content (AvgIpc) is 2.27. The van der Waals surface area contributed by atoms with Crippen LogP contribution in [0.2, 0.25) is 0 Å². The molecule has 0 aromatic heterocycles. The lowest BCUT2D eigenvalue weighted by molar-refractivity contribution is 0.452. The van der Waals surface area contributed by atoms with E-state index in [-0.39, 0.29) is 0 Å². The van der Waals surface area contributed by atoms with Crippen molar-refractivity contribution < 1.29 is 0 Å². The van der Waals surface area contributed by atoms with Crippen LogP contribution in [0.1, 0.15) is 38.2 Å². The van der Waals surface area contributed by atoms with Crippen LogP contribution in [0.25, 0.3) is 0 Å². The summed E-state index contributed by atoms with van der Waals surface area (Å²) in [5.41, 5.74) is 9.31. The van der Waals surface area contributed by atoms with E-state index in [0.717, 1.165) is 11.6 Å². The molecule has 0 bridgehead atoms. The van der Waals surface area contributed by atoms with Crippen LogP contribution < -0.4 is 10.6 Å². The highest BCUT2D eigenvalue weighted by Crippen LogP contribution is 2.24. The highest BCUT2D eigenvalue weighted by molar-refractivity contribution is 5.58. The van der Waals surface area contributed by atoms with E-state index in [1.54, 1.807) is 0 Å². The van der Waals surface area contributed by atoms with Crippen LogP contribution in [0.15, 0.2) is 18.2 Å². The van der Waals surface area contributed by atoms with Crippen molar-refractivity contribution in [1.29, 1.82) is 0 Å². The monoisotopic (exact) mass is 232 g/mol. The van der Waals surface area contributed by atoms with Crippen LogP contribution in [0, 0.1) is 12.8 Å². The zero-order chi connectivity index (χ0) is 12.3. The van der Waals surface area contributed by atoms with Crippen LogP contribution in [0.3, 0.4) is 0 Å². The summed E-state index contributed by atoms with van der Waals surface area (Å²) in [6, 6.07) is 6.43. The Morgan fingerprint density at radius 2 is 2.06 bits per heavy atom. The molecule has 1 aromatic carbocycles. The van der Waals surface area contributed by atoms with Crippen LogP contribution in [-0.2, 0) is 0 Å². The fourth-order valence-corrected chi connectivity index (χ4v) is 2.62. The summed E-state index contributed by atoms with van der Waals surface area (Å²) in [6.07, 6.45) is 5.45. The largest absolute Gasteiger partial charge is 0.399 e. The second-order valence-electron chi connectivity index (χ2n) is 5.44. The number of rotatable bonds is 1. The van der Waals surface area contributed by atoms with Crippen LogP contribution >= 0.6 is 0 Å². The Morgan fingerprint density at radius 3 is 2.82 bits per heavy atom. The minimum absolute atomic E-state index is 0.799. The molecule has 94 valence electrons. The Kier molecular flexibility index (Phi) is 3.93. The van der Waals surface area contributed by atoms with Gasteiger partial charge in [-0.2, -0.15) is 0 Å². The molecular weight excluding hydrogens is 208 g/mol. The second-order valence-corrected chi connectivity index (χ2v) is 5.44. The minimum Gasteiger partial charge on any atom is -0.399 e. The maximum Gasteiger partial charge on any atom is 0.0370 e. The summed E-state index contributed by atoms with van der Waals surface area (Å²) in [7, 11) is 0. The molecule has 17 heavy (non-hydrogen) atoms. The molecule has 1 heterocycles. The van der Waals surface area contributed by atoms with Gasteiger partial charge in [0.1, 0.15) is 0 Å². The van der Waals surface area contributed by atoms with E-state index in [4.69, 9.17) is 5.73 Å². The number of nitrogens with two attached hydrogens (primary N) is 1. The summed E-state index contributed by atoms with van der Waals surface area (Å²) in [6.45, 7) is 6.83. The molecule has 0 aliphatic carbocycles. The lowest BCUT2D eigenvalue weighted by Crippen LogP contribution is -2.31. The van der Waals surface area contributed by atoms with Gasteiger partial charge in [0.15, 0.2) is 0 Å². The van der Waals surface area contributed by atoms with Crippen molar-refractivity contribution in [2.24, 2.45) is 5.92 Å². The number of nitrogen functional groups attached to an aromatic ring is 1. The fourth-order valence-electron chi connectivity index (χ4n) is 2.62. The van der Waals surface area contributed by atoms with Crippen molar-refractivity contribution in [2.45, 2.75) is 39.5 Å². The summed E-state index contributed by atoms with van der Waals surface area (Å²) in [5, 5.41) is 0. The summed E-state index contributed by atoms with van der Waals surface area (Å²) < 4.78 is 0. The van der Waals surface area contributed by atoms with Gasteiger partial charge in [-0.15, -0.1) is 0 Å². The van der Waals surface area contributed by atoms with E-state index in [1.807, 2.05) is 6.07 Å². The molecule has 1 fully saturated rings. The zero-order valence-electron chi connectivity index (χ0n) is 11.1. The lowest BCUT2D eigenvalue weighted by Gasteiger charge is -2.30. The van der Waals surface area contributed by atoms with E-state index < -0.39 is 0 Å². The maximum atomic E-state index is 5.88. The van der Waals surface area contributed by atoms with Gasteiger partial charge in [0.25, 0.3) is 0 Å². The van der Waals surface area contributed by atoms with Gasteiger partial charge in [-0.25, -0.2) is 0 Å². The third kappa shape index (κ3) is 3.15. The van der Waals surface area contributed by atoms with Gasteiger partial charge in [-0.1, -0.05) is 19.8 Å². The van der Waals surface area contributed by atoms with E-state index in [0.29, 0.717) is 0 Å². The lowest BCUT2D eigenvalue weighted by atomic mass is 9.99. The van der Waals surface area contributed by atoms with Crippen molar-refractivity contribution in [3.8, 4) is 0 Å². The number of benzene rings is 1. The summed E-state index contributed by atoms with van der Waals surface area (Å²) in [5.74, 6) is 0.799. The number of aryl methyl sites for hydroxylation is 1. The van der Waals surface area contributed by atoms with Gasteiger partial charge in [-0.3, -0.25) is 0 Å². The molecule has 2 heteroatoms. The van der Waals surface area contributed by atoms with Crippen molar-refractivity contribution in [3.63, 3.8) is 0 Å². The Bertz CT molecular complexity index is 373. The Balaban J connectivity index is 2.15. The smallest absolute Gasteiger partial charge is 0.0370 e. The number of hydrogen-bond donors (Lipinski definition) is 1.